The average Bonchev–Trinajstić information content (AvgIpc) is 2.16. The maximum Gasteiger partial charge on any atom is 0.331 e. The summed E-state index contributed by atoms with van der Waals surface area (Å²) in [7, 11) is 0. The summed E-state index contributed by atoms with van der Waals surface area (Å²) in [5.74, 6) is -0.205. The van der Waals surface area contributed by atoms with Gasteiger partial charge in [-0.15, -0.1) is 0 Å². The second-order valence-corrected chi connectivity index (χ2v) is 2.92. The second kappa shape index (κ2) is 4.82. The zero-order valence-corrected chi connectivity index (χ0v) is 8.30. The van der Waals surface area contributed by atoms with E-state index in [4.69, 9.17) is 10.5 Å². The minimum absolute atomic E-state index is 0.238. The standard InChI is InChI=1S/C10H17NO2/c1-5-8(4)13-9(12)10(11,6-2)7-3/h5H,1,4,6-7,11H2,2-3H3. The van der Waals surface area contributed by atoms with Gasteiger partial charge in [0.2, 0.25) is 0 Å². The summed E-state index contributed by atoms with van der Waals surface area (Å²) >= 11 is 0. The van der Waals surface area contributed by atoms with E-state index in [2.05, 4.69) is 13.2 Å². The Morgan fingerprint density at radius 1 is 1.54 bits per heavy atom. The zero-order chi connectivity index (χ0) is 10.5. The maximum absolute atomic E-state index is 11.4. The van der Waals surface area contributed by atoms with Crippen LogP contribution in [0.25, 0.3) is 0 Å². The van der Waals surface area contributed by atoms with E-state index in [0.717, 1.165) is 0 Å². The number of rotatable bonds is 5. The van der Waals surface area contributed by atoms with Crippen molar-refractivity contribution in [3.8, 4) is 0 Å². The van der Waals surface area contributed by atoms with Crippen molar-refractivity contribution in [3.63, 3.8) is 0 Å². The predicted molar refractivity (Wildman–Crippen MR) is 52.9 cm³/mol. The van der Waals surface area contributed by atoms with Crippen LogP contribution in [0.5, 0.6) is 0 Å². The molecule has 0 bridgehead atoms. The first kappa shape index (κ1) is 11.9. The third kappa shape index (κ3) is 3.03. The molecule has 13 heavy (non-hydrogen) atoms. The van der Waals surface area contributed by atoms with Crippen molar-refractivity contribution in [2.75, 3.05) is 0 Å². The van der Waals surface area contributed by atoms with Crippen LogP contribution in [0.15, 0.2) is 25.0 Å². The van der Waals surface area contributed by atoms with Crippen LogP contribution >= 0.6 is 0 Å². The Balaban J connectivity index is 4.39. The summed E-state index contributed by atoms with van der Waals surface area (Å²) in [6.45, 7) is 10.6. The molecule has 0 saturated carbocycles. The molecular weight excluding hydrogens is 166 g/mol. The number of hydrogen-bond donors (Lipinski definition) is 1. The van der Waals surface area contributed by atoms with Crippen molar-refractivity contribution in [2.24, 2.45) is 5.73 Å². The van der Waals surface area contributed by atoms with Crippen molar-refractivity contribution < 1.29 is 9.53 Å². The Hall–Kier alpha value is -1.09. The number of carbonyl (C=O) groups is 1. The molecular formula is C10H17NO2. The van der Waals surface area contributed by atoms with Crippen LogP contribution in [-0.2, 0) is 9.53 Å². The highest BCUT2D eigenvalue weighted by atomic mass is 16.5. The highest BCUT2D eigenvalue weighted by Gasteiger charge is 2.31. The molecule has 0 aliphatic heterocycles. The number of esters is 1. The van der Waals surface area contributed by atoms with Crippen LogP contribution < -0.4 is 5.73 Å². The second-order valence-electron chi connectivity index (χ2n) is 2.92. The minimum atomic E-state index is -0.897. The van der Waals surface area contributed by atoms with Crippen LogP contribution in [-0.4, -0.2) is 11.5 Å². The molecule has 0 unspecified atom stereocenters. The van der Waals surface area contributed by atoms with Crippen LogP contribution in [0.1, 0.15) is 26.7 Å². The lowest BCUT2D eigenvalue weighted by Gasteiger charge is -2.23. The fraction of sp³-hybridized carbons (Fsp3) is 0.500. The fourth-order valence-electron chi connectivity index (χ4n) is 0.801. The van der Waals surface area contributed by atoms with Gasteiger partial charge >= 0.3 is 5.97 Å². The third-order valence-electron chi connectivity index (χ3n) is 2.12. The largest absolute Gasteiger partial charge is 0.426 e. The Morgan fingerprint density at radius 3 is 2.31 bits per heavy atom. The van der Waals surface area contributed by atoms with E-state index in [1.807, 2.05) is 13.8 Å². The number of carbonyl (C=O) groups excluding carboxylic acids is 1. The van der Waals surface area contributed by atoms with Crippen molar-refractivity contribution in [1.82, 2.24) is 0 Å². The molecule has 74 valence electrons. The number of hydrogen-bond acceptors (Lipinski definition) is 3. The average molecular weight is 183 g/mol. The molecule has 0 aromatic heterocycles. The molecule has 3 heteroatoms. The van der Waals surface area contributed by atoms with Gasteiger partial charge in [-0.1, -0.05) is 27.0 Å². The van der Waals surface area contributed by atoms with E-state index >= 15 is 0 Å². The first-order valence-corrected chi connectivity index (χ1v) is 4.32. The smallest absolute Gasteiger partial charge is 0.331 e. The maximum atomic E-state index is 11.4. The van der Waals surface area contributed by atoms with Gasteiger partial charge in [-0.2, -0.15) is 0 Å². The van der Waals surface area contributed by atoms with E-state index in [1.165, 1.54) is 6.08 Å². The van der Waals surface area contributed by atoms with E-state index < -0.39 is 11.5 Å². The Labute approximate surface area is 79.3 Å². The van der Waals surface area contributed by atoms with E-state index in [0.29, 0.717) is 12.8 Å². The molecule has 0 aliphatic carbocycles. The van der Waals surface area contributed by atoms with Gasteiger partial charge in [0, 0.05) is 0 Å². The molecule has 0 aromatic rings. The highest BCUT2D eigenvalue weighted by molar-refractivity contribution is 5.81. The lowest BCUT2D eigenvalue weighted by atomic mass is 9.95. The number of allylic oxidation sites excluding steroid dienone is 1. The summed E-state index contributed by atoms with van der Waals surface area (Å²) < 4.78 is 4.87. The third-order valence-corrected chi connectivity index (χ3v) is 2.12. The topological polar surface area (TPSA) is 52.3 Å². The van der Waals surface area contributed by atoms with Crippen LogP contribution in [0, 0.1) is 0 Å². The zero-order valence-electron chi connectivity index (χ0n) is 8.30. The van der Waals surface area contributed by atoms with Gasteiger partial charge in [-0.25, -0.2) is 4.79 Å². The Kier molecular flexibility index (Phi) is 4.42. The van der Waals surface area contributed by atoms with Gasteiger partial charge < -0.3 is 10.5 Å². The predicted octanol–water partition coefficient (Wildman–Crippen LogP) is 1.75. The molecule has 0 aliphatic rings. The molecule has 0 radical (unpaired) electrons. The van der Waals surface area contributed by atoms with Crippen molar-refractivity contribution in [2.45, 2.75) is 32.2 Å². The van der Waals surface area contributed by atoms with Gasteiger partial charge in [0.15, 0.2) is 0 Å². The Morgan fingerprint density at radius 2 is 2.00 bits per heavy atom. The molecule has 0 aromatic carbocycles. The van der Waals surface area contributed by atoms with Crippen molar-refractivity contribution in [1.29, 1.82) is 0 Å². The summed E-state index contributed by atoms with van der Waals surface area (Å²) in [5.41, 5.74) is 4.90. The molecule has 0 rings (SSSR count). The summed E-state index contributed by atoms with van der Waals surface area (Å²) in [5, 5.41) is 0. The molecule has 0 atom stereocenters. The van der Waals surface area contributed by atoms with Crippen LogP contribution in [0.3, 0.4) is 0 Å². The highest BCUT2D eigenvalue weighted by Crippen LogP contribution is 2.15. The SMILES string of the molecule is C=CC(=C)OC(=O)C(N)(CC)CC. The summed E-state index contributed by atoms with van der Waals surface area (Å²) in [4.78, 5) is 11.4. The monoisotopic (exact) mass is 183 g/mol. The van der Waals surface area contributed by atoms with Gasteiger partial charge in [0.25, 0.3) is 0 Å². The van der Waals surface area contributed by atoms with E-state index in [9.17, 15) is 4.79 Å². The molecule has 3 nitrogen and oxygen atoms in total. The molecule has 0 saturated heterocycles. The van der Waals surface area contributed by atoms with Crippen molar-refractivity contribution in [3.05, 3.63) is 25.0 Å². The van der Waals surface area contributed by atoms with E-state index in [1.54, 1.807) is 0 Å². The van der Waals surface area contributed by atoms with Gasteiger partial charge in [-0.05, 0) is 18.9 Å². The van der Waals surface area contributed by atoms with Crippen LogP contribution in [0.2, 0.25) is 0 Å². The molecule has 0 amide bonds. The lowest BCUT2D eigenvalue weighted by molar-refractivity contribution is -0.145. The Bertz CT molecular complexity index is 217. The quantitative estimate of drug-likeness (QED) is 0.401. The summed E-state index contributed by atoms with van der Waals surface area (Å²) in [6, 6.07) is 0. The fourth-order valence-corrected chi connectivity index (χ4v) is 0.801. The van der Waals surface area contributed by atoms with E-state index in [-0.39, 0.29) is 5.76 Å². The molecule has 0 spiro atoms. The summed E-state index contributed by atoms with van der Waals surface area (Å²) in [6.07, 6.45) is 2.48. The van der Waals surface area contributed by atoms with Crippen molar-refractivity contribution >= 4 is 5.97 Å². The number of nitrogens with two attached hydrogens (primary N) is 1. The van der Waals surface area contributed by atoms with Crippen LogP contribution in [0.4, 0.5) is 0 Å². The molecule has 0 fully saturated rings. The molecule has 0 heterocycles. The first-order chi connectivity index (χ1) is 6.00. The lowest BCUT2D eigenvalue weighted by Crippen LogP contribution is -2.47. The van der Waals surface area contributed by atoms with Gasteiger partial charge in [0.1, 0.15) is 11.3 Å². The molecule has 2 N–H and O–H groups in total. The normalized spacial score (nSPS) is 10.7. The first-order valence-electron chi connectivity index (χ1n) is 4.32. The van der Waals surface area contributed by atoms with Gasteiger partial charge in [-0.3, -0.25) is 0 Å². The van der Waals surface area contributed by atoms with Gasteiger partial charge in [0.05, 0.1) is 0 Å². The minimum Gasteiger partial charge on any atom is -0.426 e. The number of ether oxygens (including phenoxy) is 1.